The molecule has 122 valence electrons. The first-order valence-electron chi connectivity index (χ1n) is 8.03. The van der Waals surface area contributed by atoms with E-state index in [0.717, 1.165) is 48.6 Å². The molecule has 2 aromatic heterocycles. The van der Waals surface area contributed by atoms with Crippen LogP contribution in [0.3, 0.4) is 0 Å². The first kappa shape index (κ1) is 15.7. The van der Waals surface area contributed by atoms with Gasteiger partial charge in [0, 0.05) is 37.8 Å². The fraction of sp³-hybridized carbons (Fsp3) is 0.444. The highest BCUT2D eigenvalue weighted by Crippen LogP contribution is 2.23. The summed E-state index contributed by atoms with van der Waals surface area (Å²) in [5, 5.41) is 0. The van der Waals surface area contributed by atoms with Crippen LogP contribution in [-0.4, -0.2) is 46.7 Å². The van der Waals surface area contributed by atoms with Gasteiger partial charge in [-0.1, -0.05) is 0 Å². The van der Waals surface area contributed by atoms with E-state index >= 15 is 0 Å². The number of hydrogen-bond donors (Lipinski definition) is 0. The van der Waals surface area contributed by atoms with E-state index < -0.39 is 0 Å². The van der Waals surface area contributed by atoms with Crippen molar-refractivity contribution in [3.05, 3.63) is 47.5 Å². The van der Waals surface area contributed by atoms with Gasteiger partial charge in [0.05, 0.1) is 23.6 Å². The third-order valence-electron chi connectivity index (χ3n) is 4.63. The second kappa shape index (κ2) is 6.54. The van der Waals surface area contributed by atoms with E-state index in [0.29, 0.717) is 0 Å². The molecule has 5 heteroatoms. The molecule has 0 bridgehead atoms. The van der Waals surface area contributed by atoms with Gasteiger partial charge < -0.3 is 14.2 Å². The highest BCUT2D eigenvalue weighted by atomic mass is 16.5. The maximum Gasteiger partial charge on any atom is 0.255 e. The van der Waals surface area contributed by atoms with E-state index in [9.17, 15) is 4.79 Å². The molecule has 0 aliphatic carbocycles. The summed E-state index contributed by atoms with van der Waals surface area (Å²) < 4.78 is 7.47. The number of carbonyl (C=O) groups excluding carboxylic acids is 1. The van der Waals surface area contributed by atoms with Crippen molar-refractivity contribution >= 4 is 5.91 Å². The van der Waals surface area contributed by atoms with Crippen LogP contribution in [0.1, 0.15) is 34.6 Å². The van der Waals surface area contributed by atoms with Gasteiger partial charge in [-0.3, -0.25) is 9.78 Å². The SMILES string of the molecule is COC1CCN(C(=O)c2cc(C)n(-c3cccnc3)c2C)CC1. The van der Waals surface area contributed by atoms with Crippen molar-refractivity contribution in [3.8, 4) is 5.69 Å². The molecule has 0 N–H and O–H groups in total. The molecule has 3 rings (SSSR count). The van der Waals surface area contributed by atoms with Gasteiger partial charge in [0.1, 0.15) is 0 Å². The van der Waals surface area contributed by atoms with Crippen LogP contribution in [0, 0.1) is 13.8 Å². The molecule has 1 saturated heterocycles. The molecule has 0 radical (unpaired) electrons. The van der Waals surface area contributed by atoms with E-state index in [4.69, 9.17) is 4.74 Å². The summed E-state index contributed by atoms with van der Waals surface area (Å²) in [7, 11) is 1.74. The highest BCUT2D eigenvalue weighted by molar-refractivity contribution is 5.96. The van der Waals surface area contributed by atoms with E-state index in [-0.39, 0.29) is 12.0 Å². The largest absolute Gasteiger partial charge is 0.381 e. The van der Waals surface area contributed by atoms with Gasteiger partial charge in [-0.25, -0.2) is 0 Å². The van der Waals surface area contributed by atoms with Crippen LogP contribution >= 0.6 is 0 Å². The van der Waals surface area contributed by atoms with Gasteiger partial charge in [-0.15, -0.1) is 0 Å². The van der Waals surface area contributed by atoms with Crippen molar-refractivity contribution in [3.63, 3.8) is 0 Å². The second-order valence-electron chi connectivity index (χ2n) is 6.06. The van der Waals surface area contributed by atoms with Crippen molar-refractivity contribution in [1.29, 1.82) is 0 Å². The molecule has 1 amide bonds. The fourth-order valence-electron chi connectivity index (χ4n) is 3.33. The van der Waals surface area contributed by atoms with Crippen molar-refractivity contribution < 1.29 is 9.53 Å². The maximum absolute atomic E-state index is 12.9. The summed E-state index contributed by atoms with van der Waals surface area (Å²) in [6, 6.07) is 5.89. The number of aromatic nitrogens is 2. The number of pyridine rings is 1. The van der Waals surface area contributed by atoms with Crippen LogP contribution in [0.4, 0.5) is 0 Å². The van der Waals surface area contributed by atoms with Crippen LogP contribution in [0.2, 0.25) is 0 Å². The Labute approximate surface area is 136 Å². The number of likely N-dealkylation sites (tertiary alicyclic amines) is 1. The van der Waals surface area contributed by atoms with Gasteiger partial charge in [-0.05, 0) is 44.9 Å². The minimum atomic E-state index is 0.114. The molecule has 1 fully saturated rings. The minimum Gasteiger partial charge on any atom is -0.381 e. The Morgan fingerprint density at radius 3 is 2.65 bits per heavy atom. The topological polar surface area (TPSA) is 47.4 Å². The summed E-state index contributed by atoms with van der Waals surface area (Å²) in [6.45, 7) is 5.53. The Balaban J connectivity index is 1.85. The number of piperidine rings is 1. The Hall–Kier alpha value is -2.14. The number of aryl methyl sites for hydroxylation is 1. The van der Waals surface area contributed by atoms with Crippen LogP contribution in [0.25, 0.3) is 5.69 Å². The molecule has 0 spiro atoms. The molecule has 0 aromatic carbocycles. The highest BCUT2D eigenvalue weighted by Gasteiger charge is 2.26. The number of rotatable bonds is 3. The molecule has 23 heavy (non-hydrogen) atoms. The van der Waals surface area contributed by atoms with E-state index in [2.05, 4.69) is 9.55 Å². The van der Waals surface area contributed by atoms with Crippen LogP contribution < -0.4 is 0 Å². The van der Waals surface area contributed by atoms with Gasteiger partial charge in [-0.2, -0.15) is 0 Å². The first-order valence-corrected chi connectivity index (χ1v) is 8.03. The Bertz CT molecular complexity index is 686. The quantitative estimate of drug-likeness (QED) is 0.875. The zero-order valence-electron chi connectivity index (χ0n) is 14.0. The van der Waals surface area contributed by atoms with Crippen LogP contribution in [-0.2, 0) is 4.74 Å². The minimum absolute atomic E-state index is 0.114. The number of carbonyl (C=O) groups is 1. The predicted molar refractivity (Wildman–Crippen MR) is 89.0 cm³/mol. The Kier molecular flexibility index (Phi) is 4.48. The average Bonchev–Trinajstić information content (AvgIpc) is 2.89. The lowest BCUT2D eigenvalue weighted by Gasteiger charge is -2.31. The Morgan fingerprint density at radius 1 is 1.30 bits per heavy atom. The van der Waals surface area contributed by atoms with Crippen molar-refractivity contribution in [1.82, 2.24) is 14.5 Å². The summed E-state index contributed by atoms with van der Waals surface area (Å²) in [5.74, 6) is 0.114. The third-order valence-corrected chi connectivity index (χ3v) is 4.63. The predicted octanol–water partition coefficient (Wildman–Crippen LogP) is 2.74. The molecule has 1 aliphatic rings. The summed E-state index contributed by atoms with van der Waals surface area (Å²) >= 11 is 0. The van der Waals surface area contributed by atoms with Gasteiger partial charge in [0.15, 0.2) is 0 Å². The number of methoxy groups -OCH3 is 1. The van der Waals surface area contributed by atoms with Crippen molar-refractivity contribution in [2.75, 3.05) is 20.2 Å². The van der Waals surface area contributed by atoms with Crippen LogP contribution in [0.5, 0.6) is 0 Å². The second-order valence-corrected chi connectivity index (χ2v) is 6.06. The molecule has 0 atom stereocenters. The van der Waals surface area contributed by atoms with E-state index in [1.165, 1.54) is 0 Å². The number of ether oxygens (including phenoxy) is 1. The maximum atomic E-state index is 12.9. The molecular formula is C18H23N3O2. The smallest absolute Gasteiger partial charge is 0.255 e. The number of amides is 1. The molecule has 3 heterocycles. The zero-order chi connectivity index (χ0) is 16.4. The van der Waals surface area contributed by atoms with Gasteiger partial charge in [0.25, 0.3) is 5.91 Å². The monoisotopic (exact) mass is 313 g/mol. The van der Waals surface area contributed by atoms with Gasteiger partial charge >= 0.3 is 0 Å². The molecule has 1 aliphatic heterocycles. The van der Waals surface area contributed by atoms with Crippen molar-refractivity contribution in [2.45, 2.75) is 32.8 Å². The number of nitrogens with zero attached hydrogens (tertiary/aromatic N) is 3. The molecule has 2 aromatic rings. The van der Waals surface area contributed by atoms with Gasteiger partial charge in [0.2, 0.25) is 0 Å². The fourth-order valence-corrected chi connectivity index (χ4v) is 3.33. The lowest BCUT2D eigenvalue weighted by Crippen LogP contribution is -2.40. The molecule has 0 saturated carbocycles. The lowest BCUT2D eigenvalue weighted by molar-refractivity contribution is 0.0350. The van der Waals surface area contributed by atoms with E-state index in [1.807, 2.05) is 43.1 Å². The van der Waals surface area contributed by atoms with E-state index in [1.54, 1.807) is 13.3 Å². The lowest BCUT2D eigenvalue weighted by atomic mass is 10.1. The van der Waals surface area contributed by atoms with Crippen LogP contribution in [0.15, 0.2) is 30.6 Å². The van der Waals surface area contributed by atoms with Crippen molar-refractivity contribution in [2.24, 2.45) is 0 Å². The molecule has 0 unspecified atom stereocenters. The zero-order valence-corrected chi connectivity index (χ0v) is 14.0. The third kappa shape index (κ3) is 3.01. The number of hydrogen-bond acceptors (Lipinski definition) is 3. The summed E-state index contributed by atoms with van der Waals surface area (Å²) in [4.78, 5) is 19.0. The summed E-state index contributed by atoms with van der Waals surface area (Å²) in [5.41, 5.74) is 3.78. The standard InChI is InChI=1S/C18H23N3O2/c1-13-11-17(14(2)21(13)15-5-4-8-19-12-15)18(22)20-9-6-16(23-3)7-10-20/h4-5,8,11-12,16H,6-7,9-10H2,1-3H3. The average molecular weight is 313 g/mol. The normalized spacial score (nSPS) is 15.9. The molecular weight excluding hydrogens is 290 g/mol. The molecule has 5 nitrogen and oxygen atoms in total. The summed E-state index contributed by atoms with van der Waals surface area (Å²) in [6.07, 6.45) is 5.66. The first-order chi connectivity index (χ1) is 11.1. The Morgan fingerprint density at radius 2 is 2.04 bits per heavy atom.